The molecule has 0 aliphatic heterocycles. The van der Waals surface area contributed by atoms with Gasteiger partial charge in [0.1, 0.15) is 17.1 Å². The summed E-state index contributed by atoms with van der Waals surface area (Å²) in [4.78, 5) is 16.9. The summed E-state index contributed by atoms with van der Waals surface area (Å²) in [5.41, 5.74) is 2.57. The van der Waals surface area contributed by atoms with Crippen molar-refractivity contribution in [3.05, 3.63) is 54.2 Å². The summed E-state index contributed by atoms with van der Waals surface area (Å²) in [6.07, 6.45) is 1.54. The fourth-order valence-corrected chi connectivity index (χ4v) is 2.84. The van der Waals surface area contributed by atoms with Crippen LogP contribution in [-0.2, 0) is 4.74 Å². The van der Waals surface area contributed by atoms with Gasteiger partial charge in [0.2, 0.25) is 0 Å². The second-order valence-electron chi connectivity index (χ2n) is 7.00. The van der Waals surface area contributed by atoms with Crippen molar-refractivity contribution in [1.29, 1.82) is 0 Å². The summed E-state index contributed by atoms with van der Waals surface area (Å²) in [6, 6.07) is 13.2. The van der Waals surface area contributed by atoms with Crippen molar-refractivity contribution in [2.75, 3.05) is 25.6 Å². The Morgan fingerprint density at radius 1 is 1.10 bits per heavy atom. The molecule has 6 nitrogen and oxygen atoms in total. The van der Waals surface area contributed by atoms with Gasteiger partial charge < -0.3 is 19.5 Å². The molecule has 1 N–H and O–H groups in total. The lowest BCUT2D eigenvalue weighted by Crippen LogP contribution is -2.09. The van der Waals surface area contributed by atoms with E-state index in [0.29, 0.717) is 29.5 Å². The van der Waals surface area contributed by atoms with E-state index < -0.39 is 5.97 Å². The Balaban J connectivity index is 1.99. The number of pyridine rings is 1. The lowest BCUT2D eigenvalue weighted by molar-refractivity contribution is 0.0527. The Kier molecular flexibility index (Phi) is 6.54. The first-order chi connectivity index (χ1) is 14.0. The van der Waals surface area contributed by atoms with Crippen molar-refractivity contribution < 1.29 is 19.0 Å². The Hall–Kier alpha value is -3.28. The van der Waals surface area contributed by atoms with Gasteiger partial charge in [-0.1, -0.05) is 13.8 Å². The number of methoxy groups -OCH3 is 1. The molecule has 0 spiro atoms. The van der Waals surface area contributed by atoms with Gasteiger partial charge in [0.15, 0.2) is 0 Å². The van der Waals surface area contributed by atoms with Crippen molar-refractivity contribution in [3.63, 3.8) is 0 Å². The summed E-state index contributed by atoms with van der Waals surface area (Å²) >= 11 is 0. The van der Waals surface area contributed by atoms with E-state index in [1.807, 2.05) is 42.5 Å². The largest absolute Gasteiger partial charge is 0.497 e. The molecule has 0 atom stereocenters. The molecule has 0 unspecified atom stereocenters. The van der Waals surface area contributed by atoms with Crippen LogP contribution in [0.25, 0.3) is 10.9 Å². The number of rotatable bonds is 8. The smallest absolute Gasteiger partial charge is 0.341 e. The van der Waals surface area contributed by atoms with E-state index in [-0.39, 0.29) is 6.61 Å². The Morgan fingerprint density at radius 3 is 2.48 bits per heavy atom. The number of carbonyl (C=O) groups is 1. The predicted molar refractivity (Wildman–Crippen MR) is 114 cm³/mol. The third kappa shape index (κ3) is 4.96. The second kappa shape index (κ2) is 9.28. The predicted octanol–water partition coefficient (Wildman–Crippen LogP) is 5.20. The fourth-order valence-electron chi connectivity index (χ4n) is 2.84. The molecule has 0 saturated heterocycles. The number of anilines is 2. The van der Waals surface area contributed by atoms with Gasteiger partial charge in [-0.05, 0) is 55.3 Å². The Bertz CT molecular complexity index is 984. The van der Waals surface area contributed by atoms with Crippen molar-refractivity contribution in [1.82, 2.24) is 4.98 Å². The van der Waals surface area contributed by atoms with Crippen molar-refractivity contribution in [3.8, 4) is 11.5 Å². The Labute approximate surface area is 170 Å². The minimum absolute atomic E-state index is 0.288. The zero-order chi connectivity index (χ0) is 20.8. The minimum Gasteiger partial charge on any atom is -0.497 e. The van der Waals surface area contributed by atoms with E-state index in [0.717, 1.165) is 22.3 Å². The van der Waals surface area contributed by atoms with Gasteiger partial charge in [-0.2, -0.15) is 0 Å². The van der Waals surface area contributed by atoms with Crippen LogP contribution in [0.3, 0.4) is 0 Å². The normalized spacial score (nSPS) is 10.8. The lowest BCUT2D eigenvalue weighted by atomic mass is 10.1. The molecule has 3 rings (SSSR count). The first-order valence-electron chi connectivity index (χ1n) is 9.65. The number of nitrogens with one attached hydrogen (secondary N) is 1. The summed E-state index contributed by atoms with van der Waals surface area (Å²) in [5, 5.41) is 4.12. The summed E-state index contributed by atoms with van der Waals surface area (Å²) < 4.78 is 16.3. The molecule has 1 aromatic heterocycles. The molecule has 0 bridgehead atoms. The fraction of sp³-hybridized carbons (Fsp3) is 0.304. The number of nitrogens with zero attached hydrogens (tertiary/aromatic N) is 1. The van der Waals surface area contributed by atoms with Gasteiger partial charge in [0.25, 0.3) is 0 Å². The van der Waals surface area contributed by atoms with Gasteiger partial charge in [0.05, 0.1) is 31.5 Å². The van der Waals surface area contributed by atoms with Crippen LogP contribution in [0, 0.1) is 5.92 Å². The first kappa shape index (κ1) is 20.5. The third-order valence-corrected chi connectivity index (χ3v) is 4.28. The van der Waals surface area contributed by atoms with Crippen LogP contribution in [0.15, 0.2) is 48.7 Å². The molecule has 152 valence electrons. The number of carbonyl (C=O) groups excluding carboxylic acids is 1. The maximum Gasteiger partial charge on any atom is 0.341 e. The van der Waals surface area contributed by atoms with Crippen molar-refractivity contribution in [2.24, 2.45) is 5.92 Å². The van der Waals surface area contributed by atoms with Gasteiger partial charge in [-0.25, -0.2) is 4.79 Å². The maximum absolute atomic E-state index is 12.5. The van der Waals surface area contributed by atoms with Gasteiger partial charge in [-0.15, -0.1) is 0 Å². The third-order valence-electron chi connectivity index (χ3n) is 4.28. The van der Waals surface area contributed by atoms with Gasteiger partial charge in [-0.3, -0.25) is 4.98 Å². The van der Waals surface area contributed by atoms with Crippen LogP contribution in [0.4, 0.5) is 11.4 Å². The molecule has 6 heteroatoms. The molecular formula is C23H26N2O4. The summed E-state index contributed by atoms with van der Waals surface area (Å²) in [5.74, 6) is 1.51. The van der Waals surface area contributed by atoms with E-state index in [2.05, 4.69) is 24.1 Å². The number of hydrogen-bond acceptors (Lipinski definition) is 6. The number of aromatic nitrogens is 1. The minimum atomic E-state index is -0.427. The average Bonchev–Trinajstić information content (AvgIpc) is 2.73. The van der Waals surface area contributed by atoms with E-state index in [9.17, 15) is 4.79 Å². The summed E-state index contributed by atoms with van der Waals surface area (Å²) in [6.45, 7) is 6.94. The van der Waals surface area contributed by atoms with Crippen LogP contribution in [0.1, 0.15) is 31.1 Å². The molecule has 3 aromatic rings. The van der Waals surface area contributed by atoms with Crippen LogP contribution in [0.5, 0.6) is 11.5 Å². The molecule has 1 heterocycles. The topological polar surface area (TPSA) is 69.7 Å². The number of fused-ring (bicyclic) bond motifs is 1. The van der Waals surface area contributed by atoms with Crippen LogP contribution >= 0.6 is 0 Å². The highest BCUT2D eigenvalue weighted by atomic mass is 16.5. The highest BCUT2D eigenvalue weighted by Crippen LogP contribution is 2.32. The molecule has 2 aromatic carbocycles. The molecule has 29 heavy (non-hydrogen) atoms. The van der Waals surface area contributed by atoms with Crippen LogP contribution < -0.4 is 14.8 Å². The maximum atomic E-state index is 12.5. The molecule has 0 amide bonds. The van der Waals surface area contributed by atoms with Crippen LogP contribution in [0.2, 0.25) is 0 Å². The SMILES string of the molecule is CCOC(=O)c1cnc2ccc(OC)cc2c1Nc1ccc(OCC(C)C)cc1. The number of ether oxygens (including phenoxy) is 3. The van der Waals surface area contributed by atoms with Crippen molar-refractivity contribution >= 4 is 28.2 Å². The highest BCUT2D eigenvalue weighted by molar-refractivity contribution is 6.06. The van der Waals surface area contributed by atoms with Gasteiger partial charge >= 0.3 is 5.97 Å². The van der Waals surface area contributed by atoms with E-state index >= 15 is 0 Å². The quantitative estimate of drug-likeness (QED) is 0.530. The molecule has 0 aliphatic rings. The zero-order valence-corrected chi connectivity index (χ0v) is 17.2. The molecule has 0 saturated carbocycles. The summed E-state index contributed by atoms with van der Waals surface area (Å²) in [7, 11) is 1.60. The number of esters is 1. The Morgan fingerprint density at radius 2 is 1.83 bits per heavy atom. The van der Waals surface area contributed by atoms with Crippen LogP contribution in [-0.4, -0.2) is 31.3 Å². The first-order valence-corrected chi connectivity index (χ1v) is 9.65. The second-order valence-corrected chi connectivity index (χ2v) is 7.00. The highest BCUT2D eigenvalue weighted by Gasteiger charge is 2.17. The average molecular weight is 394 g/mol. The molecular weight excluding hydrogens is 368 g/mol. The standard InChI is InChI=1S/C23H26N2O4/c1-5-28-23(26)20-13-24-21-11-10-18(27-4)12-19(21)22(20)25-16-6-8-17(9-7-16)29-14-15(2)3/h6-13,15H,5,14H2,1-4H3,(H,24,25). The van der Waals surface area contributed by atoms with Crippen molar-refractivity contribution in [2.45, 2.75) is 20.8 Å². The number of benzene rings is 2. The van der Waals surface area contributed by atoms with E-state index in [1.165, 1.54) is 6.20 Å². The molecule has 0 fully saturated rings. The lowest BCUT2D eigenvalue weighted by Gasteiger charge is -2.15. The van der Waals surface area contributed by atoms with E-state index in [1.54, 1.807) is 14.0 Å². The van der Waals surface area contributed by atoms with Gasteiger partial charge in [0, 0.05) is 17.3 Å². The zero-order valence-electron chi connectivity index (χ0n) is 17.2. The monoisotopic (exact) mass is 394 g/mol. The molecule has 0 radical (unpaired) electrons. The molecule has 0 aliphatic carbocycles. The number of hydrogen-bond donors (Lipinski definition) is 1. The van der Waals surface area contributed by atoms with E-state index in [4.69, 9.17) is 14.2 Å².